The van der Waals surface area contributed by atoms with E-state index in [2.05, 4.69) is 20.4 Å². The van der Waals surface area contributed by atoms with Gasteiger partial charge in [0, 0.05) is 5.92 Å². The molecule has 0 aromatic heterocycles. The molecule has 0 aromatic carbocycles. The topological polar surface area (TPSA) is 40.5 Å². The maximum absolute atomic E-state index is 10.6. The number of hydrogen-bond donors (Lipinski definition) is 2. The molecule has 3 fully saturated rings. The summed E-state index contributed by atoms with van der Waals surface area (Å²) >= 11 is 0. The van der Waals surface area contributed by atoms with Gasteiger partial charge < -0.3 is 10.2 Å². The molecule has 3 aliphatic carbocycles. The Morgan fingerprint density at radius 1 is 1.24 bits per heavy atom. The van der Waals surface area contributed by atoms with Gasteiger partial charge in [-0.2, -0.15) is 0 Å². The average Bonchev–Trinajstić information content (AvgIpc) is 2.71. The lowest BCUT2D eigenvalue weighted by Crippen LogP contribution is -2.42. The first-order valence-corrected chi connectivity index (χ1v) is 6.86. The van der Waals surface area contributed by atoms with E-state index in [0.29, 0.717) is 29.6 Å². The van der Waals surface area contributed by atoms with Crippen molar-refractivity contribution in [1.29, 1.82) is 0 Å². The van der Waals surface area contributed by atoms with Crippen LogP contribution in [-0.4, -0.2) is 21.9 Å². The third-order valence-corrected chi connectivity index (χ3v) is 6.09. The number of hydrogen-bond acceptors (Lipinski definition) is 2. The predicted octanol–water partition coefficient (Wildman–Crippen LogP) is 2.36. The molecular weight excluding hydrogens is 212 g/mol. The van der Waals surface area contributed by atoms with Crippen molar-refractivity contribution in [2.75, 3.05) is 0 Å². The van der Waals surface area contributed by atoms with Gasteiger partial charge in [0.2, 0.25) is 0 Å². The van der Waals surface area contributed by atoms with E-state index in [1.54, 1.807) is 0 Å². The predicted molar refractivity (Wildman–Crippen MR) is 67.4 cm³/mol. The number of allylic oxidation sites excluding steroid dienone is 1. The standard InChI is InChI=1S/C15H24O2/c1-8-5-6-10-13(14(10,2)3)12-9(8)7-11(16)15(12,4)17/h9-13,16-17H,1,5-7H2,2-4H3/t9-,10+,11-,12-,13+,15-/m1/s1. The lowest BCUT2D eigenvalue weighted by atomic mass is 9.77. The minimum Gasteiger partial charge on any atom is -0.390 e. The molecule has 0 unspecified atom stereocenters. The third-order valence-electron chi connectivity index (χ3n) is 6.09. The smallest absolute Gasteiger partial charge is 0.0914 e. The summed E-state index contributed by atoms with van der Waals surface area (Å²) in [6.07, 6.45) is 2.42. The Morgan fingerprint density at radius 3 is 2.53 bits per heavy atom. The molecule has 0 heterocycles. The molecule has 0 aliphatic heterocycles. The van der Waals surface area contributed by atoms with Crippen molar-refractivity contribution in [3.63, 3.8) is 0 Å². The van der Waals surface area contributed by atoms with Crippen LogP contribution in [0.5, 0.6) is 0 Å². The van der Waals surface area contributed by atoms with Crippen LogP contribution in [0.15, 0.2) is 12.2 Å². The average molecular weight is 236 g/mol. The quantitative estimate of drug-likeness (QED) is 0.634. The highest BCUT2D eigenvalue weighted by molar-refractivity contribution is 5.24. The molecule has 3 saturated carbocycles. The van der Waals surface area contributed by atoms with Gasteiger partial charge in [-0.1, -0.05) is 26.0 Å². The fourth-order valence-corrected chi connectivity index (χ4v) is 4.87. The van der Waals surface area contributed by atoms with Crippen LogP contribution in [0, 0.1) is 29.1 Å². The molecule has 0 amide bonds. The van der Waals surface area contributed by atoms with Crippen LogP contribution in [0.25, 0.3) is 0 Å². The van der Waals surface area contributed by atoms with E-state index >= 15 is 0 Å². The summed E-state index contributed by atoms with van der Waals surface area (Å²) in [5.41, 5.74) is 0.682. The van der Waals surface area contributed by atoms with E-state index in [-0.39, 0.29) is 5.92 Å². The zero-order valence-electron chi connectivity index (χ0n) is 11.1. The molecule has 0 radical (unpaired) electrons. The number of fused-ring (bicyclic) bond motifs is 3. The fourth-order valence-electron chi connectivity index (χ4n) is 4.87. The van der Waals surface area contributed by atoms with Gasteiger partial charge in [0.05, 0.1) is 11.7 Å². The van der Waals surface area contributed by atoms with Crippen molar-refractivity contribution < 1.29 is 10.2 Å². The van der Waals surface area contributed by atoms with Gasteiger partial charge in [-0.25, -0.2) is 0 Å². The highest BCUT2D eigenvalue weighted by Gasteiger charge is 2.69. The Labute approximate surface area is 104 Å². The molecule has 6 atom stereocenters. The zero-order chi connectivity index (χ0) is 12.6. The SMILES string of the molecule is C=C1CC[C@H]2[C@@H]([C@H]3[C@@H]1C[C@@H](O)[C@@]3(C)O)C2(C)C. The van der Waals surface area contributed by atoms with Gasteiger partial charge in [0.25, 0.3) is 0 Å². The first kappa shape index (κ1) is 11.7. The minimum absolute atomic E-state index is 0.215. The fraction of sp³-hybridized carbons (Fsp3) is 0.867. The largest absolute Gasteiger partial charge is 0.390 e. The van der Waals surface area contributed by atoms with E-state index in [4.69, 9.17) is 0 Å². The van der Waals surface area contributed by atoms with Gasteiger partial charge >= 0.3 is 0 Å². The monoisotopic (exact) mass is 236 g/mol. The molecule has 3 aliphatic rings. The van der Waals surface area contributed by atoms with Crippen LogP contribution < -0.4 is 0 Å². The summed E-state index contributed by atoms with van der Waals surface area (Å²) < 4.78 is 0. The van der Waals surface area contributed by atoms with Crippen molar-refractivity contribution in [2.24, 2.45) is 29.1 Å². The Kier molecular flexibility index (Phi) is 2.18. The molecule has 2 nitrogen and oxygen atoms in total. The van der Waals surface area contributed by atoms with Crippen LogP contribution >= 0.6 is 0 Å². The Bertz CT molecular complexity index is 369. The van der Waals surface area contributed by atoms with Gasteiger partial charge in [-0.3, -0.25) is 0 Å². The summed E-state index contributed by atoms with van der Waals surface area (Å²) in [6, 6.07) is 0. The molecule has 0 spiro atoms. The summed E-state index contributed by atoms with van der Waals surface area (Å²) in [5, 5.41) is 20.8. The lowest BCUT2D eigenvalue weighted by molar-refractivity contribution is -0.0764. The normalized spacial score (nSPS) is 56.1. The van der Waals surface area contributed by atoms with Crippen molar-refractivity contribution >= 4 is 0 Å². The van der Waals surface area contributed by atoms with E-state index in [1.165, 1.54) is 12.0 Å². The molecule has 2 N–H and O–H groups in total. The molecule has 17 heavy (non-hydrogen) atoms. The van der Waals surface area contributed by atoms with Crippen molar-refractivity contribution in [2.45, 2.75) is 51.7 Å². The maximum atomic E-state index is 10.6. The Morgan fingerprint density at radius 2 is 1.88 bits per heavy atom. The van der Waals surface area contributed by atoms with Gasteiger partial charge in [0.15, 0.2) is 0 Å². The van der Waals surface area contributed by atoms with Gasteiger partial charge in [-0.05, 0) is 49.4 Å². The molecular formula is C15H24O2. The number of rotatable bonds is 0. The van der Waals surface area contributed by atoms with Crippen LogP contribution in [-0.2, 0) is 0 Å². The summed E-state index contributed by atoms with van der Waals surface area (Å²) in [7, 11) is 0. The van der Waals surface area contributed by atoms with E-state index < -0.39 is 11.7 Å². The highest BCUT2D eigenvalue weighted by Crippen LogP contribution is 2.71. The van der Waals surface area contributed by atoms with Crippen molar-refractivity contribution in [3.8, 4) is 0 Å². The summed E-state index contributed by atoms with van der Waals surface area (Å²) in [6.45, 7) is 10.7. The van der Waals surface area contributed by atoms with E-state index in [1.807, 2.05) is 6.92 Å². The van der Waals surface area contributed by atoms with Crippen LogP contribution in [0.3, 0.4) is 0 Å². The van der Waals surface area contributed by atoms with Crippen LogP contribution in [0.2, 0.25) is 0 Å². The van der Waals surface area contributed by atoms with Crippen molar-refractivity contribution in [1.82, 2.24) is 0 Å². The molecule has 2 heteroatoms. The van der Waals surface area contributed by atoms with Gasteiger partial charge in [0.1, 0.15) is 0 Å². The summed E-state index contributed by atoms with van der Waals surface area (Å²) in [5.74, 6) is 1.83. The second kappa shape index (κ2) is 3.16. The first-order valence-electron chi connectivity index (χ1n) is 6.86. The molecule has 96 valence electrons. The zero-order valence-corrected chi connectivity index (χ0v) is 11.1. The third kappa shape index (κ3) is 1.34. The minimum atomic E-state index is -0.922. The van der Waals surface area contributed by atoms with E-state index in [9.17, 15) is 10.2 Å². The summed E-state index contributed by atoms with van der Waals surface area (Å²) in [4.78, 5) is 0. The van der Waals surface area contributed by atoms with Crippen LogP contribution in [0.1, 0.15) is 40.0 Å². The first-order chi connectivity index (χ1) is 7.78. The maximum Gasteiger partial charge on any atom is 0.0914 e. The second-order valence-corrected chi connectivity index (χ2v) is 7.26. The van der Waals surface area contributed by atoms with E-state index in [0.717, 1.165) is 6.42 Å². The molecule has 0 aromatic rings. The molecule has 0 bridgehead atoms. The molecule has 0 saturated heterocycles. The van der Waals surface area contributed by atoms with Gasteiger partial charge in [-0.15, -0.1) is 0 Å². The highest BCUT2D eigenvalue weighted by atomic mass is 16.3. The second-order valence-electron chi connectivity index (χ2n) is 7.26. The Balaban J connectivity index is 2.00. The lowest BCUT2D eigenvalue weighted by Gasteiger charge is -2.32. The Hall–Kier alpha value is -0.340. The number of aliphatic hydroxyl groups is 2. The van der Waals surface area contributed by atoms with Crippen molar-refractivity contribution in [3.05, 3.63) is 12.2 Å². The van der Waals surface area contributed by atoms with Crippen LogP contribution in [0.4, 0.5) is 0 Å². The number of aliphatic hydroxyl groups excluding tert-OH is 1. The molecule has 3 rings (SSSR count).